The van der Waals surface area contributed by atoms with Crippen molar-refractivity contribution in [3.05, 3.63) is 92.8 Å². The standard InChI is InChI=1S/C23H19BrN4O2S/c1-15-21(31-23(26-15)16-6-3-2-4-7-16)19-10-11-20(29)28(27-19)13-12-25-22(30)17-8-5-9-18(24)14-17/h2-11,14H,12-13H2,1H3,(H,25,30). The first-order valence-corrected chi connectivity index (χ1v) is 11.3. The highest BCUT2D eigenvalue weighted by atomic mass is 79.9. The number of aromatic nitrogens is 3. The predicted molar refractivity (Wildman–Crippen MR) is 126 cm³/mol. The molecule has 0 fully saturated rings. The Kier molecular flexibility index (Phi) is 6.39. The summed E-state index contributed by atoms with van der Waals surface area (Å²) in [5, 5.41) is 8.25. The lowest BCUT2D eigenvalue weighted by Crippen LogP contribution is -2.31. The first kappa shape index (κ1) is 21.1. The van der Waals surface area contributed by atoms with Crippen LogP contribution in [0.5, 0.6) is 0 Å². The van der Waals surface area contributed by atoms with E-state index in [1.54, 1.807) is 35.6 Å². The van der Waals surface area contributed by atoms with Gasteiger partial charge in [-0.05, 0) is 31.2 Å². The molecule has 0 bridgehead atoms. The van der Waals surface area contributed by atoms with Gasteiger partial charge in [0.15, 0.2) is 0 Å². The Morgan fingerprint density at radius 1 is 1.10 bits per heavy atom. The molecule has 156 valence electrons. The van der Waals surface area contributed by atoms with Crippen LogP contribution in [-0.4, -0.2) is 27.2 Å². The fraction of sp³-hybridized carbons (Fsp3) is 0.130. The monoisotopic (exact) mass is 494 g/mol. The summed E-state index contributed by atoms with van der Waals surface area (Å²) in [5.74, 6) is -0.198. The zero-order valence-corrected chi connectivity index (χ0v) is 19.1. The maximum absolute atomic E-state index is 12.3. The van der Waals surface area contributed by atoms with E-state index in [9.17, 15) is 9.59 Å². The predicted octanol–water partition coefficient (Wildman–Crippen LogP) is 4.53. The molecule has 0 radical (unpaired) electrons. The SMILES string of the molecule is Cc1nc(-c2ccccc2)sc1-c1ccc(=O)n(CCNC(=O)c2cccc(Br)c2)n1. The van der Waals surface area contributed by atoms with Gasteiger partial charge in [0.05, 0.1) is 17.1 Å². The number of hydrogen-bond acceptors (Lipinski definition) is 5. The highest BCUT2D eigenvalue weighted by molar-refractivity contribution is 9.10. The van der Waals surface area contributed by atoms with Crippen LogP contribution < -0.4 is 10.9 Å². The van der Waals surface area contributed by atoms with Gasteiger partial charge in [0.1, 0.15) is 10.7 Å². The summed E-state index contributed by atoms with van der Waals surface area (Å²) in [5.41, 5.74) is 2.94. The van der Waals surface area contributed by atoms with Crippen molar-refractivity contribution in [2.24, 2.45) is 0 Å². The van der Waals surface area contributed by atoms with Crippen LogP contribution in [0.3, 0.4) is 0 Å². The minimum Gasteiger partial charge on any atom is -0.350 e. The van der Waals surface area contributed by atoms with Crippen molar-refractivity contribution in [1.82, 2.24) is 20.1 Å². The number of benzene rings is 2. The van der Waals surface area contributed by atoms with Gasteiger partial charge in [-0.2, -0.15) is 5.10 Å². The summed E-state index contributed by atoms with van der Waals surface area (Å²) in [7, 11) is 0. The van der Waals surface area contributed by atoms with Crippen LogP contribution >= 0.6 is 27.3 Å². The van der Waals surface area contributed by atoms with Gasteiger partial charge < -0.3 is 5.32 Å². The molecule has 31 heavy (non-hydrogen) atoms. The first-order valence-electron chi connectivity index (χ1n) is 9.66. The fourth-order valence-corrected chi connectivity index (χ4v) is 4.51. The van der Waals surface area contributed by atoms with Crippen molar-refractivity contribution in [1.29, 1.82) is 0 Å². The van der Waals surface area contributed by atoms with Gasteiger partial charge in [-0.25, -0.2) is 9.67 Å². The van der Waals surface area contributed by atoms with E-state index in [0.717, 1.165) is 25.6 Å². The van der Waals surface area contributed by atoms with Crippen LogP contribution in [0.25, 0.3) is 21.1 Å². The van der Waals surface area contributed by atoms with E-state index < -0.39 is 0 Å². The summed E-state index contributed by atoms with van der Waals surface area (Å²) in [6, 6.07) is 20.3. The zero-order chi connectivity index (χ0) is 21.8. The van der Waals surface area contributed by atoms with E-state index in [4.69, 9.17) is 0 Å². The second-order valence-corrected chi connectivity index (χ2v) is 8.76. The molecule has 1 amide bonds. The van der Waals surface area contributed by atoms with E-state index in [2.05, 4.69) is 31.3 Å². The molecule has 0 aliphatic carbocycles. The number of nitrogens with zero attached hydrogens (tertiary/aromatic N) is 3. The van der Waals surface area contributed by atoms with Crippen LogP contribution in [0.4, 0.5) is 0 Å². The zero-order valence-electron chi connectivity index (χ0n) is 16.7. The third-order valence-electron chi connectivity index (χ3n) is 4.61. The molecule has 0 saturated carbocycles. The number of halogens is 1. The molecular formula is C23H19BrN4O2S. The Labute approximate surface area is 191 Å². The Morgan fingerprint density at radius 3 is 2.68 bits per heavy atom. The number of amides is 1. The van der Waals surface area contributed by atoms with Crippen LogP contribution in [0.1, 0.15) is 16.1 Å². The first-order chi connectivity index (χ1) is 15.0. The Bertz CT molecular complexity index is 1280. The Balaban J connectivity index is 1.50. The van der Waals surface area contributed by atoms with Crippen LogP contribution in [0.15, 0.2) is 76.0 Å². The Morgan fingerprint density at radius 2 is 1.90 bits per heavy atom. The normalized spacial score (nSPS) is 10.8. The van der Waals surface area contributed by atoms with Gasteiger partial charge in [-0.15, -0.1) is 11.3 Å². The van der Waals surface area contributed by atoms with Gasteiger partial charge in [0.25, 0.3) is 11.5 Å². The second-order valence-electron chi connectivity index (χ2n) is 6.85. The molecule has 4 aromatic rings. The highest BCUT2D eigenvalue weighted by Gasteiger charge is 2.14. The molecule has 2 aromatic carbocycles. The number of nitrogens with one attached hydrogen (secondary N) is 1. The quantitative estimate of drug-likeness (QED) is 0.426. The van der Waals surface area contributed by atoms with E-state index in [1.165, 1.54) is 10.7 Å². The largest absolute Gasteiger partial charge is 0.350 e. The lowest BCUT2D eigenvalue weighted by Gasteiger charge is -2.08. The lowest BCUT2D eigenvalue weighted by molar-refractivity contribution is 0.0951. The minimum atomic E-state index is -0.217. The third-order valence-corrected chi connectivity index (χ3v) is 6.33. The van der Waals surface area contributed by atoms with Crippen molar-refractivity contribution in [2.75, 3.05) is 6.54 Å². The van der Waals surface area contributed by atoms with Crippen LogP contribution in [0, 0.1) is 6.92 Å². The average Bonchev–Trinajstić information content (AvgIpc) is 3.17. The molecule has 2 aromatic heterocycles. The van der Waals surface area contributed by atoms with E-state index in [1.807, 2.05) is 43.3 Å². The number of aryl methyl sites for hydroxylation is 1. The molecule has 0 unspecified atom stereocenters. The smallest absolute Gasteiger partial charge is 0.266 e. The van der Waals surface area contributed by atoms with Gasteiger partial charge >= 0.3 is 0 Å². The number of carbonyl (C=O) groups excluding carboxylic acids is 1. The summed E-state index contributed by atoms with van der Waals surface area (Å²) >= 11 is 4.90. The van der Waals surface area contributed by atoms with E-state index >= 15 is 0 Å². The average molecular weight is 495 g/mol. The van der Waals surface area contributed by atoms with Crippen molar-refractivity contribution in [3.63, 3.8) is 0 Å². The Hall–Kier alpha value is -3.10. The topological polar surface area (TPSA) is 76.9 Å². The van der Waals surface area contributed by atoms with Crippen molar-refractivity contribution < 1.29 is 4.79 Å². The molecule has 6 nitrogen and oxygen atoms in total. The maximum atomic E-state index is 12.3. The molecular weight excluding hydrogens is 476 g/mol. The minimum absolute atomic E-state index is 0.198. The number of carbonyl (C=O) groups is 1. The van der Waals surface area contributed by atoms with E-state index in [-0.39, 0.29) is 18.0 Å². The van der Waals surface area contributed by atoms with E-state index in [0.29, 0.717) is 17.8 Å². The van der Waals surface area contributed by atoms with Gasteiger partial charge in [0.2, 0.25) is 0 Å². The number of thiazole rings is 1. The second kappa shape index (κ2) is 9.36. The fourth-order valence-electron chi connectivity index (χ4n) is 3.08. The summed E-state index contributed by atoms with van der Waals surface area (Å²) in [4.78, 5) is 30.2. The van der Waals surface area contributed by atoms with Crippen LogP contribution in [0.2, 0.25) is 0 Å². The van der Waals surface area contributed by atoms with Crippen molar-refractivity contribution in [2.45, 2.75) is 13.5 Å². The van der Waals surface area contributed by atoms with Crippen LogP contribution in [-0.2, 0) is 6.54 Å². The molecule has 0 saturated heterocycles. The molecule has 1 N–H and O–H groups in total. The number of hydrogen-bond donors (Lipinski definition) is 1. The molecule has 0 aliphatic rings. The summed E-state index contributed by atoms with van der Waals surface area (Å²) < 4.78 is 2.21. The summed E-state index contributed by atoms with van der Waals surface area (Å²) in [6.07, 6.45) is 0. The molecule has 2 heterocycles. The molecule has 4 rings (SSSR count). The van der Waals surface area contributed by atoms with Gasteiger partial charge in [0, 0.05) is 28.2 Å². The third kappa shape index (κ3) is 4.98. The van der Waals surface area contributed by atoms with Crippen molar-refractivity contribution >= 4 is 33.2 Å². The molecule has 8 heteroatoms. The molecule has 0 spiro atoms. The maximum Gasteiger partial charge on any atom is 0.266 e. The molecule has 0 aliphatic heterocycles. The van der Waals surface area contributed by atoms with Gasteiger partial charge in [-0.3, -0.25) is 9.59 Å². The number of rotatable bonds is 6. The highest BCUT2D eigenvalue weighted by Crippen LogP contribution is 2.33. The van der Waals surface area contributed by atoms with Gasteiger partial charge in [-0.1, -0.05) is 52.3 Å². The molecule has 0 atom stereocenters. The van der Waals surface area contributed by atoms with Crippen molar-refractivity contribution in [3.8, 4) is 21.1 Å². The lowest BCUT2D eigenvalue weighted by atomic mass is 10.2. The summed E-state index contributed by atoms with van der Waals surface area (Å²) in [6.45, 7) is 2.50.